The van der Waals surface area contributed by atoms with Crippen molar-refractivity contribution in [1.29, 1.82) is 0 Å². The van der Waals surface area contributed by atoms with Crippen molar-refractivity contribution in [3.8, 4) is 0 Å². The van der Waals surface area contributed by atoms with Crippen molar-refractivity contribution >= 4 is 17.5 Å². The summed E-state index contributed by atoms with van der Waals surface area (Å²) in [5.74, 6) is 0.156. The monoisotopic (exact) mass is 361 g/mol. The van der Waals surface area contributed by atoms with Gasteiger partial charge in [0.05, 0.1) is 24.6 Å². The van der Waals surface area contributed by atoms with Crippen molar-refractivity contribution in [1.82, 2.24) is 9.80 Å². The number of nitrogens with zero attached hydrogens (tertiary/aromatic N) is 3. The Morgan fingerprint density at radius 1 is 1.04 bits per heavy atom. The molecule has 2 aliphatic heterocycles. The molecule has 1 aromatic carbocycles. The number of amides is 2. The Labute approximate surface area is 151 Å². The van der Waals surface area contributed by atoms with Crippen LogP contribution in [0.5, 0.6) is 0 Å². The fourth-order valence-corrected chi connectivity index (χ4v) is 3.44. The molecule has 0 aliphatic carbocycles. The van der Waals surface area contributed by atoms with E-state index in [0.717, 1.165) is 5.56 Å². The van der Waals surface area contributed by atoms with Crippen LogP contribution in [0, 0.1) is 16.0 Å². The smallest absolute Gasteiger partial charge is 0.269 e. The van der Waals surface area contributed by atoms with Crippen LogP contribution in [0.15, 0.2) is 24.3 Å². The maximum Gasteiger partial charge on any atom is 0.269 e. The van der Waals surface area contributed by atoms with Crippen molar-refractivity contribution in [2.24, 2.45) is 5.92 Å². The summed E-state index contributed by atoms with van der Waals surface area (Å²) in [4.78, 5) is 38.8. The van der Waals surface area contributed by atoms with Crippen LogP contribution in [-0.4, -0.2) is 65.9 Å². The average Bonchev–Trinajstić information content (AvgIpc) is 2.68. The van der Waals surface area contributed by atoms with Crippen molar-refractivity contribution in [3.05, 3.63) is 39.9 Å². The number of carbonyl (C=O) groups is 2. The first-order chi connectivity index (χ1) is 12.5. The van der Waals surface area contributed by atoms with Gasteiger partial charge >= 0.3 is 0 Å². The first kappa shape index (κ1) is 18.3. The fraction of sp³-hybridized carbons (Fsp3) is 0.556. The molecule has 2 fully saturated rings. The number of morpholine rings is 1. The second-order valence-corrected chi connectivity index (χ2v) is 6.69. The molecule has 0 radical (unpaired) electrons. The summed E-state index contributed by atoms with van der Waals surface area (Å²) in [5, 5.41) is 10.7. The summed E-state index contributed by atoms with van der Waals surface area (Å²) in [5.41, 5.74) is 0.774. The topological polar surface area (TPSA) is 93.0 Å². The number of rotatable bonds is 4. The molecule has 2 amide bonds. The molecular formula is C18H23N3O5. The molecule has 0 saturated carbocycles. The quantitative estimate of drug-likeness (QED) is 0.594. The number of carbonyl (C=O) groups excluding carboxylic acids is 2. The van der Waals surface area contributed by atoms with Gasteiger partial charge < -0.3 is 14.5 Å². The number of nitro groups is 1. The highest BCUT2D eigenvalue weighted by Crippen LogP contribution is 2.21. The molecule has 0 bridgehead atoms. The van der Waals surface area contributed by atoms with E-state index in [4.69, 9.17) is 4.74 Å². The zero-order valence-electron chi connectivity index (χ0n) is 14.6. The second-order valence-electron chi connectivity index (χ2n) is 6.69. The van der Waals surface area contributed by atoms with E-state index in [1.807, 2.05) is 4.90 Å². The SMILES string of the molecule is O=C(Cc1ccc([N+](=O)[O-])cc1)N1CCC(C(=O)N2CCOCC2)CC1. The lowest BCUT2D eigenvalue weighted by Gasteiger charge is -2.35. The molecule has 0 unspecified atom stereocenters. The molecule has 0 atom stereocenters. The van der Waals surface area contributed by atoms with Crippen molar-refractivity contribution < 1.29 is 19.2 Å². The van der Waals surface area contributed by atoms with Gasteiger partial charge in [0.15, 0.2) is 0 Å². The van der Waals surface area contributed by atoms with Gasteiger partial charge in [0, 0.05) is 44.2 Å². The predicted octanol–water partition coefficient (Wildman–Crippen LogP) is 1.23. The number of non-ortho nitro benzene ring substituents is 1. The van der Waals surface area contributed by atoms with Crippen LogP contribution < -0.4 is 0 Å². The minimum atomic E-state index is -0.456. The first-order valence-corrected chi connectivity index (χ1v) is 8.92. The molecule has 0 N–H and O–H groups in total. The van der Waals surface area contributed by atoms with E-state index in [2.05, 4.69) is 0 Å². The Hall–Kier alpha value is -2.48. The van der Waals surface area contributed by atoms with E-state index < -0.39 is 4.92 Å². The Kier molecular flexibility index (Phi) is 5.82. The molecule has 2 heterocycles. The van der Waals surface area contributed by atoms with Gasteiger partial charge in [-0.2, -0.15) is 0 Å². The third-order valence-electron chi connectivity index (χ3n) is 5.02. The summed E-state index contributed by atoms with van der Waals surface area (Å²) >= 11 is 0. The second kappa shape index (κ2) is 8.27. The molecule has 0 aromatic heterocycles. The van der Waals surface area contributed by atoms with Crippen LogP contribution in [0.3, 0.4) is 0 Å². The number of benzene rings is 1. The lowest BCUT2D eigenvalue weighted by Crippen LogP contribution is -2.47. The largest absolute Gasteiger partial charge is 0.378 e. The first-order valence-electron chi connectivity index (χ1n) is 8.92. The van der Waals surface area contributed by atoms with E-state index >= 15 is 0 Å². The van der Waals surface area contributed by atoms with E-state index in [-0.39, 0.29) is 29.8 Å². The molecule has 2 saturated heterocycles. The third kappa shape index (κ3) is 4.37. The van der Waals surface area contributed by atoms with Gasteiger partial charge in [0.25, 0.3) is 5.69 Å². The van der Waals surface area contributed by atoms with Crippen LogP contribution >= 0.6 is 0 Å². The van der Waals surface area contributed by atoms with E-state index in [9.17, 15) is 19.7 Å². The Morgan fingerprint density at radius 3 is 2.23 bits per heavy atom. The van der Waals surface area contributed by atoms with Gasteiger partial charge in [-0.3, -0.25) is 19.7 Å². The number of piperidine rings is 1. The van der Waals surface area contributed by atoms with Crippen LogP contribution in [0.2, 0.25) is 0 Å². The van der Waals surface area contributed by atoms with E-state index in [1.165, 1.54) is 12.1 Å². The highest BCUT2D eigenvalue weighted by atomic mass is 16.6. The highest BCUT2D eigenvalue weighted by molar-refractivity contribution is 5.81. The average molecular weight is 361 g/mol. The Bertz CT molecular complexity index is 662. The molecule has 3 rings (SSSR count). The molecule has 26 heavy (non-hydrogen) atoms. The minimum absolute atomic E-state index is 0.00359. The van der Waals surface area contributed by atoms with Gasteiger partial charge in [-0.15, -0.1) is 0 Å². The number of hydrogen-bond acceptors (Lipinski definition) is 5. The molecule has 140 valence electrons. The number of hydrogen-bond donors (Lipinski definition) is 0. The summed E-state index contributed by atoms with van der Waals surface area (Å²) < 4.78 is 5.28. The standard InChI is InChI=1S/C18H23N3O5/c22-17(13-14-1-3-16(4-2-14)21(24)25)19-7-5-15(6-8-19)18(23)20-9-11-26-12-10-20/h1-4,15H,5-13H2. The number of nitro benzene ring substituents is 1. The predicted molar refractivity (Wildman–Crippen MR) is 93.5 cm³/mol. The fourth-order valence-electron chi connectivity index (χ4n) is 3.44. The van der Waals surface area contributed by atoms with E-state index in [0.29, 0.717) is 52.2 Å². The Morgan fingerprint density at radius 2 is 1.65 bits per heavy atom. The Balaban J connectivity index is 1.48. The molecule has 8 heteroatoms. The number of likely N-dealkylation sites (tertiary alicyclic amines) is 1. The van der Waals surface area contributed by atoms with Gasteiger partial charge in [-0.1, -0.05) is 12.1 Å². The maximum atomic E-state index is 12.5. The lowest BCUT2D eigenvalue weighted by molar-refractivity contribution is -0.384. The zero-order valence-corrected chi connectivity index (χ0v) is 14.6. The van der Waals surface area contributed by atoms with Crippen molar-refractivity contribution in [2.45, 2.75) is 19.3 Å². The normalized spacial score (nSPS) is 18.6. The minimum Gasteiger partial charge on any atom is -0.378 e. The summed E-state index contributed by atoms with van der Waals surface area (Å²) in [6, 6.07) is 6.06. The number of ether oxygens (including phenoxy) is 1. The highest BCUT2D eigenvalue weighted by Gasteiger charge is 2.30. The lowest BCUT2D eigenvalue weighted by atomic mass is 9.94. The van der Waals surface area contributed by atoms with E-state index in [1.54, 1.807) is 17.0 Å². The van der Waals surface area contributed by atoms with Crippen LogP contribution in [0.25, 0.3) is 0 Å². The molecule has 2 aliphatic rings. The van der Waals surface area contributed by atoms with Crippen molar-refractivity contribution in [2.75, 3.05) is 39.4 Å². The van der Waals surface area contributed by atoms with Gasteiger partial charge in [0.2, 0.25) is 11.8 Å². The van der Waals surface area contributed by atoms with Crippen molar-refractivity contribution in [3.63, 3.8) is 0 Å². The van der Waals surface area contributed by atoms with Gasteiger partial charge in [0.1, 0.15) is 0 Å². The molecular weight excluding hydrogens is 338 g/mol. The van der Waals surface area contributed by atoms with Crippen LogP contribution in [0.4, 0.5) is 5.69 Å². The zero-order chi connectivity index (χ0) is 18.5. The molecule has 0 spiro atoms. The van der Waals surface area contributed by atoms with Gasteiger partial charge in [-0.25, -0.2) is 0 Å². The third-order valence-corrected chi connectivity index (χ3v) is 5.02. The van der Waals surface area contributed by atoms with Crippen LogP contribution in [0.1, 0.15) is 18.4 Å². The summed E-state index contributed by atoms with van der Waals surface area (Å²) in [7, 11) is 0. The van der Waals surface area contributed by atoms with Gasteiger partial charge in [-0.05, 0) is 18.4 Å². The summed E-state index contributed by atoms with van der Waals surface area (Å²) in [6.07, 6.45) is 1.59. The van der Waals surface area contributed by atoms with Crippen LogP contribution in [-0.2, 0) is 20.7 Å². The molecule has 1 aromatic rings. The maximum absolute atomic E-state index is 12.5. The molecule has 8 nitrogen and oxygen atoms in total. The summed E-state index contributed by atoms with van der Waals surface area (Å²) in [6.45, 7) is 3.64.